The zero-order valence-electron chi connectivity index (χ0n) is 19.8. The summed E-state index contributed by atoms with van der Waals surface area (Å²) < 4.78 is 5.65. The number of ether oxygens (including phenoxy) is 1. The molecule has 3 aliphatic rings. The third kappa shape index (κ3) is 4.90. The minimum atomic E-state index is -0.810. The molecule has 2 N–H and O–H groups in total. The molecule has 1 heterocycles. The number of likely N-dealkylation sites (tertiary alicyclic amines) is 1. The molecule has 0 aromatic heterocycles. The van der Waals surface area contributed by atoms with Crippen LogP contribution in [0.1, 0.15) is 49.1 Å². The Labute approximate surface area is 205 Å². The number of carboxylic acid groups (broad SMARTS) is 1. The Morgan fingerprint density at radius 1 is 0.971 bits per heavy atom. The van der Waals surface area contributed by atoms with Crippen molar-refractivity contribution in [2.75, 3.05) is 26.2 Å². The molecule has 2 aromatic carbocycles. The number of benzene rings is 2. The third-order valence-corrected chi connectivity index (χ3v) is 7.89. The van der Waals surface area contributed by atoms with Crippen LogP contribution in [0.25, 0.3) is 11.1 Å². The van der Waals surface area contributed by atoms with Crippen molar-refractivity contribution >= 4 is 18.0 Å². The summed E-state index contributed by atoms with van der Waals surface area (Å²) in [6, 6.07) is 16.5. The van der Waals surface area contributed by atoms with Gasteiger partial charge in [0.25, 0.3) is 0 Å². The average molecular weight is 477 g/mol. The number of hydrogen-bond donors (Lipinski definition) is 2. The van der Waals surface area contributed by atoms with Crippen LogP contribution >= 0.6 is 0 Å². The van der Waals surface area contributed by atoms with Crippen molar-refractivity contribution in [3.05, 3.63) is 59.7 Å². The molecular formula is C28H32N2O5. The number of nitrogens with one attached hydrogen (secondary N) is 1. The van der Waals surface area contributed by atoms with Gasteiger partial charge >= 0.3 is 12.1 Å². The lowest BCUT2D eigenvalue weighted by atomic mass is 9.94. The molecule has 0 radical (unpaired) electrons. The smallest absolute Gasteiger partial charge is 0.407 e. The Kier molecular flexibility index (Phi) is 6.75. The zero-order valence-corrected chi connectivity index (χ0v) is 19.8. The molecule has 2 fully saturated rings. The van der Waals surface area contributed by atoms with Crippen LogP contribution in [-0.4, -0.2) is 54.2 Å². The van der Waals surface area contributed by atoms with Gasteiger partial charge in [-0.25, -0.2) is 4.79 Å². The highest BCUT2D eigenvalue weighted by molar-refractivity contribution is 5.80. The number of carbonyl (C=O) groups is 3. The van der Waals surface area contributed by atoms with Gasteiger partial charge in [0.05, 0.1) is 0 Å². The molecule has 3 atom stereocenters. The molecule has 2 aromatic rings. The summed E-state index contributed by atoms with van der Waals surface area (Å²) >= 11 is 0. The highest BCUT2D eigenvalue weighted by Gasteiger charge is 2.38. The van der Waals surface area contributed by atoms with Gasteiger partial charge in [0.1, 0.15) is 6.61 Å². The lowest BCUT2D eigenvalue weighted by Crippen LogP contribution is -2.40. The minimum absolute atomic E-state index is 0.0165. The number of rotatable bonds is 7. The molecule has 7 heteroatoms. The van der Waals surface area contributed by atoms with E-state index in [1.165, 1.54) is 22.3 Å². The molecule has 1 saturated carbocycles. The monoisotopic (exact) mass is 476 g/mol. The topological polar surface area (TPSA) is 95.9 Å². The van der Waals surface area contributed by atoms with E-state index in [0.717, 1.165) is 25.7 Å². The average Bonchev–Trinajstić information content (AvgIpc) is 3.58. The van der Waals surface area contributed by atoms with Crippen molar-refractivity contribution in [1.29, 1.82) is 0 Å². The van der Waals surface area contributed by atoms with E-state index in [1.807, 2.05) is 29.2 Å². The van der Waals surface area contributed by atoms with Crippen LogP contribution in [0.4, 0.5) is 4.79 Å². The second kappa shape index (κ2) is 10.1. The molecule has 2 amide bonds. The standard InChI is InChI=1S/C28H32N2O5/c31-26(32)14-18-12-13-30(16-18)27(33)20-11-5-6-19(20)15-29-28(34)35-17-25-23-9-3-1-7-21(23)22-8-2-4-10-24(22)25/h1-4,7-10,18-20,25H,5-6,11-17H2,(H,29,34)(H,31,32)/t18?,19-,20-/m1/s1. The first-order valence-electron chi connectivity index (χ1n) is 12.6. The SMILES string of the molecule is O=C(O)CC1CCN(C(=O)[C@@H]2CCC[C@@H]2CNC(=O)OCC2c3ccccc3-c3ccccc32)C1. The number of alkyl carbamates (subject to hydrolysis) is 1. The first-order valence-corrected chi connectivity index (χ1v) is 12.6. The van der Waals surface area contributed by atoms with E-state index < -0.39 is 12.1 Å². The van der Waals surface area contributed by atoms with Crippen molar-refractivity contribution in [2.45, 2.75) is 38.0 Å². The quantitative estimate of drug-likeness (QED) is 0.622. The predicted octanol–water partition coefficient (Wildman–Crippen LogP) is 4.26. The summed E-state index contributed by atoms with van der Waals surface area (Å²) in [5, 5.41) is 11.9. The van der Waals surface area contributed by atoms with Crippen LogP contribution < -0.4 is 5.32 Å². The van der Waals surface area contributed by atoms with Crippen LogP contribution in [0.3, 0.4) is 0 Å². The Morgan fingerprint density at radius 3 is 2.34 bits per heavy atom. The maximum Gasteiger partial charge on any atom is 0.407 e. The van der Waals surface area contributed by atoms with Crippen molar-refractivity contribution in [1.82, 2.24) is 10.2 Å². The second-order valence-electron chi connectivity index (χ2n) is 10.0. The van der Waals surface area contributed by atoms with Crippen LogP contribution in [0.5, 0.6) is 0 Å². The van der Waals surface area contributed by atoms with E-state index in [0.29, 0.717) is 19.6 Å². The number of carbonyl (C=O) groups excluding carboxylic acids is 2. The zero-order chi connectivity index (χ0) is 24.4. The molecule has 184 valence electrons. The minimum Gasteiger partial charge on any atom is -0.481 e. The lowest BCUT2D eigenvalue weighted by Gasteiger charge is -2.25. The Balaban J connectivity index is 1.13. The summed E-state index contributed by atoms with van der Waals surface area (Å²) in [5.41, 5.74) is 4.73. The Hall–Kier alpha value is -3.35. The maximum atomic E-state index is 13.1. The first kappa shape index (κ1) is 23.4. The normalized spacial score (nSPS) is 23.1. The maximum absolute atomic E-state index is 13.1. The summed E-state index contributed by atoms with van der Waals surface area (Å²) in [6.07, 6.45) is 3.07. The van der Waals surface area contributed by atoms with Gasteiger partial charge in [-0.05, 0) is 53.4 Å². The summed E-state index contributed by atoms with van der Waals surface area (Å²) in [7, 11) is 0. The molecule has 5 rings (SSSR count). The Bertz CT molecular complexity index is 1070. The van der Waals surface area contributed by atoms with Crippen LogP contribution in [0.2, 0.25) is 0 Å². The van der Waals surface area contributed by atoms with E-state index in [1.54, 1.807) is 0 Å². The van der Waals surface area contributed by atoms with Crippen molar-refractivity contribution < 1.29 is 24.2 Å². The van der Waals surface area contributed by atoms with E-state index in [9.17, 15) is 14.4 Å². The van der Waals surface area contributed by atoms with Gasteiger partial charge in [-0.3, -0.25) is 9.59 Å². The summed E-state index contributed by atoms with van der Waals surface area (Å²) in [4.78, 5) is 38.5. The lowest BCUT2D eigenvalue weighted by molar-refractivity contribution is -0.139. The number of hydrogen-bond acceptors (Lipinski definition) is 4. The largest absolute Gasteiger partial charge is 0.481 e. The third-order valence-electron chi connectivity index (χ3n) is 7.89. The van der Waals surface area contributed by atoms with Crippen LogP contribution in [0, 0.1) is 17.8 Å². The van der Waals surface area contributed by atoms with Crippen molar-refractivity contribution in [3.8, 4) is 11.1 Å². The van der Waals surface area contributed by atoms with Crippen molar-refractivity contribution in [3.63, 3.8) is 0 Å². The number of amides is 2. The molecule has 0 spiro atoms. The fraction of sp³-hybridized carbons (Fsp3) is 0.464. The van der Waals surface area contributed by atoms with Gasteiger partial charge < -0.3 is 20.1 Å². The van der Waals surface area contributed by atoms with E-state index in [4.69, 9.17) is 9.84 Å². The van der Waals surface area contributed by atoms with Gasteiger partial charge in [-0.15, -0.1) is 0 Å². The molecule has 2 aliphatic carbocycles. The van der Waals surface area contributed by atoms with E-state index in [-0.39, 0.29) is 42.6 Å². The van der Waals surface area contributed by atoms with Gasteiger partial charge in [0, 0.05) is 37.9 Å². The van der Waals surface area contributed by atoms with Gasteiger partial charge in [-0.1, -0.05) is 55.0 Å². The fourth-order valence-corrected chi connectivity index (χ4v) is 6.15. The molecule has 1 unspecified atom stereocenters. The molecule has 35 heavy (non-hydrogen) atoms. The molecular weight excluding hydrogens is 444 g/mol. The molecule has 0 bridgehead atoms. The van der Waals surface area contributed by atoms with Gasteiger partial charge in [0.15, 0.2) is 0 Å². The van der Waals surface area contributed by atoms with Gasteiger partial charge in [0.2, 0.25) is 5.91 Å². The predicted molar refractivity (Wildman–Crippen MR) is 131 cm³/mol. The second-order valence-corrected chi connectivity index (χ2v) is 10.0. The summed E-state index contributed by atoms with van der Waals surface area (Å²) in [6.45, 7) is 1.83. The number of carboxylic acids is 1. The number of fused-ring (bicyclic) bond motifs is 3. The molecule has 1 aliphatic heterocycles. The molecule has 1 saturated heterocycles. The van der Waals surface area contributed by atoms with Gasteiger partial charge in [-0.2, -0.15) is 0 Å². The number of nitrogens with zero attached hydrogens (tertiary/aromatic N) is 1. The first-order chi connectivity index (χ1) is 17.0. The Morgan fingerprint density at radius 2 is 1.66 bits per heavy atom. The summed E-state index contributed by atoms with van der Waals surface area (Å²) in [5.74, 6) is -0.683. The van der Waals surface area contributed by atoms with Crippen LogP contribution in [-0.2, 0) is 14.3 Å². The van der Waals surface area contributed by atoms with E-state index >= 15 is 0 Å². The molecule has 7 nitrogen and oxygen atoms in total. The fourth-order valence-electron chi connectivity index (χ4n) is 6.15. The van der Waals surface area contributed by atoms with Crippen molar-refractivity contribution in [2.24, 2.45) is 17.8 Å². The van der Waals surface area contributed by atoms with Crippen LogP contribution in [0.15, 0.2) is 48.5 Å². The number of aliphatic carboxylic acids is 1. The highest BCUT2D eigenvalue weighted by atomic mass is 16.5. The highest BCUT2D eigenvalue weighted by Crippen LogP contribution is 2.44. The van der Waals surface area contributed by atoms with E-state index in [2.05, 4.69) is 29.6 Å².